The van der Waals surface area contributed by atoms with Gasteiger partial charge in [-0.05, 0) is 37.5 Å². The first kappa shape index (κ1) is 14.1. The van der Waals surface area contributed by atoms with Crippen molar-refractivity contribution in [3.63, 3.8) is 0 Å². The first-order chi connectivity index (χ1) is 10.8. The third kappa shape index (κ3) is 3.15. The smallest absolute Gasteiger partial charge is 0.315 e. The van der Waals surface area contributed by atoms with E-state index in [1.165, 1.54) is 25.7 Å². The van der Waals surface area contributed by atoms with Crippen molar-refractivity contribution in [2.45, 2.75) is 37.8 Å². The number of thiazole rings is 2. The molecule has 2 aromatic rings. The minimum absolute atomic E-state index is 0.0520. The molecule has 2 aliphatic rings. The van der Waals surface area contributed by atoms with Crippen molar-refractivity contribution in [2.24, 2.45) is 11.8 Å². The molecule has 2 fully saturated rings. The van der Waals surface area contributed by atoms with Gasteiger partial charge in [0.2, 0.25) is 0 Å². The van der Waals surface area contributed by atoms with E-state index in [0.29, 0.717) is 11.8 Å². The molecule has 2 saturated carbocycles. The predicted octanol–water partition coefficient (Wildman–Crippen LogP) is 3.50. The number of hydrogen-bond donors (Lipinski definition) is 2. The van der Waals surface area contributed by atoms with Crippen molar-refractivity contribution in [3.05, 3.63) is 33.2 Å². The molecule has 5 nitrogen and oxygen atoms in total. The van der Waals surface area contributed by atoms with Crippen LogP contribution in [0, 0.1) is 11.8 Å². The molecule has 0 aliphatic heterocycles. The molecule has 2 atom stereocenters. The summed E-state index contributed by atoms with van der Waals surface area (Å²) in [7, 11) is 0. The Hall–Kier alpha value is -1.47. The molecule has 22 heavy (non-hydrogen) atoms. The summed E-state index contributed by atoms with van der Waals surface area (Å²) in [6, 6.07) is 0.00601. The highest BCUT2D eigenvalue weighted by Crippen LogP contribution is 2.43. The van der Waals surface area contributed by atoms with E-state index in [1.807, 2.05) is 10.8 Å². The third-order valence-corrected chi connectivity index (χ3v) is 5.91. The van der Waals surface area contributed by atoms with Crippen LogP contribution < -0.4 is 10.6 Å². The number of nitrogens with zero attached hydrogens (tertiary/aromatic N) is 2. The number of nitrogens with one attached hydrogen (secondary N) is 2. The average molecular weight is 334 g/mol. The summed E-state index contributed by atoms with van der Waals surface area (Å²) in [5.41, 5.74) is 0. The molecule has 4 rings (SSSR count). The van der Waals surface area contributed by atoms with E-state index < -0.39 is 0 Å². The van der Waals surface area contributed by atoms with Crippen LogP contribution in [0.1, 0.15) is 47.8 Å². The van der Waals surface area contributed by atoms with E-state index in [0.717, 1.165) is 10.0 Å². The number of hydrogen-bond acceptors (Lipinski definition) is 5. The molecule has 116 valence electrons. The zero-order chi connectivity index (χ0) is 14.9. The molecular formula is C15H18N4OS2. The maximum absolute atomic E-state index is 12.5. The van der Waals surface area contributed by atoms with Crippen molar-refractivity contribution >= 4 is 28.7 Å². The second-order valence-corrected chi connectivity index (χ2v) is 7.84. The Bertz CT molecular complexity index is 566. The maximum atomic E-state index is 12.5. The number of aromatic nitrogens is 2. The van der Waals surface area contributed by atoms with E-state index >= 15 is 0 Å². The molecule has 0 aromatic carbocycles. The lowest BCUT2D eigenvalue weighted by atomic mass is 10.2. The Kier molecular flexibility index (Phi) is 3.83. The van der Waals surface area contributed by atoms with E-state index in [4.69, 9.17) is 0 Å². The van der Waals surface area contributed by atoms with Crippen LogP contribution >= 0.6 is 22.7 Å². The molecule has 0 unspecified atom stereocenters. The van der Waals surface area contributed by atoms with Crippen molar-refractivity contribution in [1.29, 1.82) is 0 Å². The van der Waals surface area contributed by atoms with Crippen molar-refractivity contribution < 1.29 is 4.79 Å². The van der Waals surface area contributed by atoms with Gasteiger partial charge in [-0.1, -0.05) is 0 Å². The van der Waals surface area contributed by atoms with Gasteiger partial charge < -0.3 is 10.6 Å². The second kappa shape index (κ2) is 5.96. The van der Waals surface area contributed by atoms with Crippen LogP contribution in [0.5, 0.6) is 0 Å². The third-order valence-electron chi connectivity index (χ3n) is 4.19. The first-order valence-corrected chi connectivity index (χ1v) is 9.43. The fourth-order valence-corrected chi connectivity index (χ4v) is 4.28. The maximum Gasteiger partial charge on any atom is 0.315 e. The van der Waals surface area contributed by atoms with Crippen LogP contribution in [-0.4, -0.2) is 16.0 Å². The predicted molar refractivity (Wildman–Crippen MR) is 86.8 cm³/mol. The molecule has 0 bridgehead atoms. The molecule has 2 heterocycles. The topological polar surface area (TPSA) is 66.9 Å². The van der Waals surface area contributed by atoms with Gasteiger partial charge in [0.25, 0.3) is 0 Å². The highest BCUT2D eigenvalue weighted by atomic mass is 32.1. The highest BCUT2D eigenvalue weighted by molar-refractivity contribution is 7.09. The lowest BCUT2D eigenvalue weighted by Gasteiger charge is -2.20. The van der Waals surface area contributed by atoms with Crippen LogP contribution in [0.2, 0.25) is 0 Å². The summed E-state index contributed by atoms with van der Waals surface area (Å²) >= 11 is 3.23. The van der Waals surface area contributed by atoms with E-state index in [2.05, 4.69) is 20.6 Å². The average Bonchev–Trinajstić information content (AvgIpc) is 3.42. The zero-order valence-electron chi connectivity index (χ0n) is 12.1. The minimum atomic E-state index is -0.0980. The van der Waals surface area contributed by atoms with E-state index in [1.54, 1.807) is 35.1 Å². The normalized spacial score (nSPS) is 20.4. The Morgan fingerprint density at radius 2 is 1.41 bits per heavy atom. The number of carbonyl (C=O) groups excluding carboxylic acids is 1. The minimum Gasteiger partial charge on any atom is -0.329 e. The zero-order valence-corrected chi connectivity index (χ0v) is 13.7. The second-order valence-electron chi connectivity index (χ2n) is 5.99. The molecule has 7 heteroatoms. The summed E-state index contributed by atoms with van der Waals surface area (Å²) in [5, 5.41) is 12.2. The molecule has 0 spiro atoms. The summed E-state index contributed by atoms with van der Waals surface area (Å²) in [4.78, 5) is 21.2. The lowest BCUT2D eigenvalue weighted by molar-refractivity contribution is 0.230. The molecular weight excluding hydrogens is 316 g/mol. The monoisotopic (exact) mass is 334 g/mol. The molecule has 2 aliphatic carbocycles. The molecule has 0 saturated heterocycles. The van der Waals surface area contributed by atoms with Gasteiger partial charge in [0.05, 0.1) is 12.1 Å². The Balaban J connectivity index is 1.42. The van der Waals surface area contributed by atoms with Crippen molar-refractivity contribution in [1.82, 2.24) is 20.6 Å². The SMILES string of the molecule is O=C(N[C@H](c1nccs1)C1CC1)N[C@@H](c1nccs1)C1CC1. The number of amides is 2. The van der Waals surface area contributed by atoms with Gasteiger partial charge >= 0.3 is 6.03 Å². The van der Waals surface area contributed by atoms with E-state index in [9.17, 15) is 4.79 Å². The van der Waals surface area contributed by atoms with Gasteiger partial charge in [0.15, 0.2) is 0 Å². The Labute approximate surface area is 137 Å². The van der Waals surface area contributed by atoms with Gasteiger partial charge in [0.1, 0.15) is 10.0 Å². The summed E-state index contributed by atoms with van der Waals surface area (Å²) in [6.07, 6.45) is 8.29. The Morgan fingerprint density at radius 3 is 1.73 bits per heavy atom. The standard InChI is InChI=1S/C15H18N4OS2/c20-15(18-11(9-1-2-9)13-16-5-7-21-13)19-12(10-3-4-10)14-17-6-8-22-14/h5-12H,1-4H2,(H2,18,19,20)/t11-,12+. The quantitative estimate of drug-likeness (QED) is 0.849. The van der Waals surface area contributed by atoms with Gasteiger partial charge in [0, 0.05) is 23.2 Å². The molecule has 0 radical (unpaired) electrons. The number of urea groups is 1. The van der Waals surface area contributed by atoms with Gasteiger partial charge in [-0.25, -0.2) is 14.8 Å². The fourth-order valence-electron chi connectivity index (χ4n) is 2.72. The molecule has 2 aromatic heterocycles. The largest absolute Gasteiger partial charge is 0.329 e. The number of rotatable bonds is 6. The summed E-state index contributed by atoms with van der Waals surface area (Å²) < 4.78 is 0. The summed E-state index contributed by atoms with van der Waals surface area (Å²) in [6.45, 7) is 0. The first-order valence-electron chi connectivity index (χ1n) is 7.67. The summed E-state index contributed by atoms with van der Waals surface area (Å²) in [5.74, 6) is 1.08. The van der Waals surface area contributed by atoms with Gasteiger partial charge in [-0.3, -0.25) is 0 Å². The van der Waals surface area contributed by atoms with Crippen LogP contribution in [0.15, 0.2) is 23.2 Å². The van der Waals surface area contributed by atoms with Gasteiger partial charge in [-0.2, -0.15) is 0 Å². The highest BCUT2D eigenvalue weighted by Gasteiger charge is 2.38. The van der Waals surface area contributed by atoms with E-state index in [-0.39, 0.29) is 18.1 Å². The van der Waals surface area contributed by atoms with Crippen LogP contribution in [-0.2, 0) is 0 Å². The van der Waals surface area contributed by atoms with Gasteiger partial charge in [-0.15, -0.1) is 22.7 Å². The number of carbonyl (C=O) groups is 1. The van der Waals surface area contributed by atoms with Crippen LogP contribution in [0.3, 0.4) is 0 Å². The Morgan fingerprint density at radius 1 is 0.955 bits per heavy atom. The van der Waals surface area contributed by atoms with Crippen molar-refractivity contribution in [3.8, 4) is 0 Å². The van der Waals surface area contributed by atoms with Crippen LogP contribution in [0.4, 0.5) is 4.79 Å². The molecule has 2 amide bonds. The molecule has 2 N–H and O–H groups in total. The lowest BCUT2D eigenvalue weighted by Crippen LogP contribution is -2.41. The fraction of sp³-hybridized carbons (Fsp3) is 0.533. The van der Waals surface area contributed by atoms with Crippen LogP contribution in [0.25, 0.3) is 0 Å². The van der Waals surface area contributed by atoms with Crippen molar-refractivity contribution in [2.75, 3.05) is 0 Å².